The SMILES string of the molecule is CCCCCCCCCCCCCCCC(=O)N[C@@H](CCSC)C(=O)CCC(=O)N[C@@H](Cc1ccc(O)cc1)C(=O)C[C@@H](CCC(N)=O)C(=O)NC(C)(C)C(=O)CC. The molecule has 1 aromatic carbocycles. The van der Waals surface area contributed by atoms with Crippen LogP contribution < -0.4 is 21.7 Å². The van der Waals surface area contributed by atoms with Gasteiger partial charge in [-0.1, -0.05) is 103 Å². The zero-order chi connectivity index (χ0) is 43.3. The lowest BCUT2D eigenvalue weighted by Crippen LogP contribution is -2.52. The highest BCUT2D eigenvalue weighted by Gasteiger charge is 2.33. The fourth-order valence-corrected chi connectivity index (χ4v) is 7.33. The zero-order valence-corrected chi connectivity index (χ0v) is 36.9. The van der Waals surface area contributed by atoms with E-state index in [2.05, 4.69) is 22.9 Å². The van der Waals surface area contributed by atoms with Gasteiger partial charge in [-0.2, -0.15) is 11.8 Å². The van der Waals surface area contributed by atoms with Crippen LogP contribution in [0.3, 0.4) is 0 Å². The molecule has 0 saturated carbocycles. The van der Waals surface area contributed by atoms with Crippen molar-refractivity contribution in [1.82, 2.24) is 16.0 Å². The first-order valence-electron chi connectivity index (χ1n) is 21.7. The molecular formula is C45H74N4O8S. The van der Waals surface area contributed by atoms with Crippen LogP contribution in [0.1, 0.15) is 168 Å². The summed E-state index contributed by atoms with van der Waals surface area (Å²) in [5.74, 6) is -3.28. The normalized spacial score (nSPS) is 12.9. The lowest BCUT2D eigenvalue weighted by Gasteiger charge is -2.28. The molecule has 328 valence electrons. The van der Waals surface area contributed by atoms with E-state index in [1.165, 1.54) is 76.3 Å². The van der Waals surface area contributed by atoms with E-state index in [4.69, 9.17) is 5.73 Å². The first-order valence-corrected chi connectivity index (χ1v) is 23.1. The van der Waals surface area contributed by atoms with E-state index in [0.29, 0.717) is 24.2 Å². The molecule has 12 nitrogen and oxygen atoms in total. The van der Waals surface area contributed by atoms with Gasteiger partial charge >= 0.3 is 0 Å². The van der Waals surface area contributed by atoms with Crippen LogP contribution in [0.25, 0.3) is 0 Å². The number of ketones is 3. The second-order valence-corrected chi connectivity index (χ2v) is 17.1. The van der Waals surface area contributed by atoms with Crippen LogP contribution in [0.5, 0.6) is 5.75 Å². The van der Waals surface area contributed by atoms with Crippen molar-refractivity contribution < 1.29 is 38.7 Å². The average Bonchev–Trinajstić information content (AvgIpc) is 3.18. The highest BCUT2D eigenvalue weighted by molar-refractivity contribution is 7.98. The quantitative estimate of drug-likeness (QED) is 0.0439. The molecule has 0 radical (unpaired) electrons. The van der Waals surface area contributed by atoms with Crippen molar-refractivity contribution in [1.29, 1.82) is 0 Å². The van der Waals surface area contributed by atoms with Crippen LogP contribution in [-0.4, -0.2) is 75.7 Å². The fourth-order valence-electron chi connectivity index (χ4n) is 6.86. The molecule has 0 aromatic heterocycles. The lowest BCUT2D eigenvalue weighted by atomic mass is 9.89. The number of phenolic OH excluding ortho intramolecular Hbond substituents is 1. The van der Waals surface area contributed by atoms with Crippen LogP contribution in [-0.2, 0) is 40.0 Å². The number of hydrogen-bond donors (Lipinski definition) is 5. The van der Waals surface area contributed by atoms with Crippen LogP contribution in [0.4, 0.5) is 0 Å². The Labute approximate surface area is 352 Å². The number of phenols is 1. The van der Waals surface area contributed by atoms with Gasteiger partial charge in [0.1, 0.15) is 5.75 Å². The van der Waals surface area contributed by atoms with Crippen LogP contribution >= 0.6 is 11.8 Å². The van der Waals surface area contributed by atoms with Crippen LogP contribution in [0, 0.1) is 5.92 Å². The third kappa shape index (κ3) is 23.6. The van der Waals surface area contributed by atoms with E-state index in [-0.39, 0.29) is 68.2 Å². The molecule has 3 atom stereocenters. The maximum absolute atomic E-state index is 13.8. The van der Waals surface area contributed by atoms with Gasteiger partial charge in [-0.3, -0.25) is 33.6 Å². The highest BCUT2D eigenvalue weighted by Crippen LogP contribution is 2.20. The van der Waals surface area contributed by atoms with Crippen molar-refractivity contribution in [3.63, 3.8) is 0 Å². The van der Waals surface area contributed by atoms with Crippen molar-refractivity contribution in [3.05, 3.63) is 29.8 Å². The molecule has 0 unspecified atom stereocenters. The minimum atomic E-state index is -1.20. The number of carbonyl (C=O) groups excluding carboxylic acids is 7. The number of primary amides is 1. The molecule has 4 amide bonds. The van der Waals surface area contributed by atoms with Gasteiger partial charge in [0.2, 0.25) is 23.6 Å². The molecule has 58 heavy (non-hydrogen) atoms. The number of carbonyl (C=O) groups is 7. The molecular weight excluding hydrogens is 757 g/mol. The molecule has 0 aliphatic rings. The average molecular weight is 831 g/mol. The summed E-state index contributed by atoms with van der Waals surface area (Å²) >= 11 is 1.56. The Bertz CT molecular complexity index is 1420. The number of aromatic hydroxyl groups is 1. The maximum atomic E-state index is 13.8. The molecule has 0 heterocycles. The Morgan fingerprint density at radius 1 is 0.690 bits per heavy atom. The van der Waals surface area contributed by atoms with Gasteiger partial charge in [0, 0.05) is 44.4 Å². The Hall–Kier alpha value is -3.74. The molecule has 1 rings (SSSR count). The van der Waals surface area contributed by atoms with Gasteiger partial charge < -0.3 is 26.8 Å². The number of thioether (sulfide) groups is 1. The molecule has 0 spiro atoms. The molecule has 13 heteroatoms. The van der Waals surface area contributed by atoms with Crippen molar-refractivity contribution in [2.45, 2.75) is 187 Å². The third-order valence-electron chi connectivity index (χ3n) is 10.6. The Morgan fingerprint density at radius 3 is 1.76 bits per heavy atom. The minimum Gasteiger partial charge on any atom is -0.508 e. The Balaban J connectivity index is 2.82. The number of benzene rings is 1. The first kappa shape index (κ1) is 52.3. The van der Waals surface area contributed by atoms with E-state index in [9.17, 15) is 38.7 Å². The van der Waals surface area contributed by atoms with E-state index in [1.54, 1.807) is 44.7 Å². The number of Topliss-reactive ketones (excluding diaryl/α,β-unsaturated/α-hetero) is 3. The Morgan fingerprint density at radius 2 is 1.22 bits per heavy atom. The van der Waals surface area contributed by atoms with Crippen molar-refractivity contribution >= 4 is 52.7 Å². The number of unbranched alkanes of at least 4 members (excludes halogenated alkanes) is 12. The number of hydrogen-bond acceptors (Lipinski definition) is 9. The predicted octanol–water partition coefficient (Wildman–Crippen LogP) is 7.20. The summed E-state index contributed by atoms with van der Waals surface area (Å²) in [6, 6.07) is 4.30. The molecule has 0 aliphatic heterocycles. The van der Waals surface area contributed by atoms with E-state index < -0.39 is 47.0 Å². The maximum Gasteiger partial charge on any atom is 0.224 e. The van der Waals surface area contributed by atoms with Gasteiger partial charge in [-0.05, 0) is 69.2 Å². The largest absolute Gasteiger partial charge is 0.508 e. The molecule has 0 saturated heterocycles. The summed E-state index contributed by atoms with van der Waals surface area (Å²) < 4.78 is 0. The summed E-state index contributed by atoms with van der Waals surface area (Å²) in [5.41, 5.74) is 4.79. The lowest BCUT2D eigenvalue weighted by molar-refractivity contribution is -0.136. The van der Waals surface area contributed by atoms with Crippen molar-refractivity contribution in [2.75, 3.05) is 12.0 Å². The van der Waals surface area contributed by atoms with Gasteiger partial charge in [0.05, 0.1) is 17.6 Å². The van der Waals surface area contributed by atoms with Gasteiger partial charge in [-0.25, -0.2) is 0 Å². The third-order valence-corrected chi connectivity index (χ3v) is 11.2. The number of nitrogens with two attached hydrogens (primary N) is 1. The smallest absolute Gasteiger partial charge is 0.224 e. The molecule has 0 bridgehead atoms. The number of nitrogens with one attached hydrogen (secondary N) is 3. The Kier molecular flexibility index (Phi) is 27.3. The van der Waals surface area contributed by atoms with E-state index in [0.717, 1.165) is 19.3 Å². The van der Waals surface area contributed by atoms with Crippen molar-refractivity contribution in [2.24, 2.45) is 11.7 Å². The summed E-state index contributed by atoms with van der Waals surface area (Å²) in [4.78, 5) is 90.8. The van der Waals surface area contributed by atoms with Crippen LogP contribution in [0.2, 0.25) is 0 Å². The fraction of sp³-hybridized carbons (Fsp3) is 0.711. The molecule has 0 fully saturated rings. The van der Waals surface area contributed by atoms with Crippen LogP contribution in [0.15, 0.2) is 24.3 Å². The molecule has 6 N–H and O–H groups in total. The second-order valence-electron chi connectivity index (χ2n) is 16.1. The predicted molar refractivity (Wildman–Crippen MR) is 232 cm³/mol. The first-order chi connectivity index (χ1) is 27.6. The minimum absolute atomic E-state index is 0.0223. The standard InChI is InChI=1S/C45H74N4O8S/c1-6-8-9-10-11-12-13-14-15-16-17-18-19-20-42(55)47-36(29-30-58-5)38(51)26-28-43(56)48-37(31-33-21-24-35(50)25-22-33)39(52)32-34(23-27-41(46)54)44(57)49-45(3,4)40(53)7-2/h21-22,24-25,34,36-37,50H,6-20,23,26-32H2,1-5H3,(H2,46,54)(H,47,55)(H,48,56)(H,49,57)/t34-,36+,37+/m1/s1. The molecule has 0 aliphatic carbocycles. The number of rotatable bonds is 35. The van der Waals surface area contributed by atoms with Gasteiger partial charge in [-0.15, -0.1) is 0 Å². The van der Waals surface area contributed by atoms with Crippen molar-refractivity contribution in [3.8, 4) is 5.75 Å². The highest BCUT2D eigenvalue weighted by atomic mass is 32.2. The van der Waals surface area contributed by atoms with E-state index >= 15 is 0 Å². The number of amides is 4. The molecule has 1 aromatic rings. The topological polar surface area (TPSA) is 202 Å². The van der Waals surface area contributed by atoms with Gasteiger partial charge in [0.25, 0.3) is 0 Å². The van der Waals surface area contributed by atoms with Gasteiger partial charge in [0.15, 0.2) is 17.3 Å². The summed E-state index contributed by atoms with van der Waals surface area (Å²) in [6.07, 6.45) is 17.7. The van der Waals surface area contributed by atoms with E-state index in [1.807, 2.05) is 6.26 Å². The summed E-state index contributed by atoms with van der Waals surface area (Å²) in [5, 5.41) is 18.1. The second kappa shape index (κ2) is 30.3. The summed E-state index contributed by atoms with van der Waals surface area (Å²) in [7, 11) is 0. The monoisotopic (exact) mass is 831 g/mol. The summed E-state index contributed by atoms with van der Waals surface area (Å²) in [6.45, 7) is 7.05. The zero-order valence-electron chi connectivity index (χ0n) is 36.1.